The van der Waals surface area contributed by atoms with Gasteiger partial charge in [0.15, 0.2) is 0 Å². The molecule has 0 saturated carbocycles. The molecule has 0 radical (unpaired) electrons. The number of carbonyl (C=O) groups is 2. The van der Waals surface area contributed by atoms with Gasteiger partial charge in [0.2, 0.25) is 15.9 Å². The standard InChI is InChI=1S/C16H25N3O4S/c1-4-5-6-11-17-15(20)12-18-16(21)13-7-9-14(10-8-13)24(22,23)19(2)3/h7-10H,4-6,11-12H2,1-3H3,(H,17,20)(H,18,21). The molecule has 1 rings (SSSR count). The minimum absolute atomic E-state index is 0.108. The van der Waals surface area contributed by atoms with Crippen LogP contribution in [0.3, 0.4) is 0 Å². The van der Waals surface area contributed by atoms with Crippen molar-refractivity contribution in [2.24, 2.45) is 0 Å². The summed E-state index contributed by atoms with van der Waals surface area (Å²) < 4.78 is 25.0. The van der Waals surface area contributed by atoms with Gasteiger partial charge in [0.1, 0.15) is 0 Å². The van der Waals surface area contributed by atoms with Crippen molar-refractivity contribution < 1.29 is 18.0 Å². The van der Waals surface area contributed by atoms with Crippen LogP contribution in [0.5, 0.6) is 0 Å². The van der Waals surface area contributed by atoms with Crippen LogP contribution < -0.4 is 10.6 Å². The average Bonchev–Trinajstić information content (AvgIpc) is 2.56. The summed E-state index contributed by atoms with van der Waals surface area (Å²) in [4.78, 5) is 23.7. The van der Waals surface area contributed by atoms with E-state index in [-0.39, 0.29) is 17.3 Å². The maximum atomic E-state index is 12.0. The number of sulfonamides is 1. The Kier molecular flexibility index (Phi) is 7.87. The summed E-state index contributed by atoms with van der Waals surface area (Å²) in [5.41, 5.74) is 0.298. The van der Waals surface area contributed by atoms with Crippen LogP contribution in [0.25, 0.3) is 0 Å². The van der Waals surface area contributed by atoms with Gasteiger partial charge in [-0.05, 0) is 30.7 Å². The number of carbonyl (C=O) groups excluding carboxylic acids is 2. The van der Waals surface area contributed by atoms with Crippen LogP contribution >= 0.6 is 0 Å². The third kappa shape index (κ3) is 5.93. The van der Waals surface area contributed by atoms with Gasteiger partial charge in [-0.1, -0.05) is 19.8 Å². The lowest BCUT2D eigenvalue weighted by Crippen LogP contribution is -2.37. The van der Waals surface area contributed by atoms with Crippen LogP contribution in [0.15, 0.2) is 29.2 Å². The molecule has 0 bridgehead atoms. The van der Waals surface area contributed by atoms with E-state index in [4.69, 9.17) is 0 Å². The van der Waals surface area contributed by atoms with E-state index in [9.17, 15) is 18.0 Å². The molecule has 0 fully saturated rings. The topological polar surface area (TPSA) is 95.6 Å². The Bertz CT molecular complexity index is 654. The minimum Gasteiger partial charge on any atom is -0.355 e. The van der Waals surface area contributed by atoms with Gasteiger partial charge in [-0.2, -0.15) is 0 Å². The first kappa shape index (κ1) is 20.1. The zero-order valence-electron chi connectivity index (χ0n) is 14.3. The van der Waals surface area contributed by atoms with Gasteiger partial charge in [0, 0.05) is 26.2 Å². The van der Waals surface area contributed by atoms with Crippen molar-refractivity contribution in [1.82, 2.24) is 14.9 Å². The first-order chi connectivity index (χ1) is 11.3. The molecule has 0 heterocycles. The summed E-state index contributed by atoms with van der Waals surface area (Å²) in [7, 11) is -0.644. The van der Waals surface area contributed by atoms with Crippen molar-refractivity contribution in [2.75, 3.05) is 27.2 Å². The molecular formula is C16H25N3O4S. The summed E-state index contributed by atoms with van der Waals surface area (Å²) >= 11 is 0. The van der Waals surface area contributed by atoms with Gasteiger partial charge >= 0.3 is 0 Å². The van der Waals surface area contributed by atoms with E-state index in [0.29, 0.717) is 12.1 Å². The molecule has 1 aromatic rings. The van der Waals surface area contributed by atoms with Crippen LogP contribution in [-0.2, 0) is 14.8 Å². The highest BCUT2D eigenvalue weighted by Gasteiger charge is 2.17. The first-order valence-electron chi connectivity index (χ1n) is 7.86. The molecule has 8 heteroatoms. The Balaban J connectivity index is 2.53. The molecule has 0 atom stereocenters. The number of benzene rings is 1. The molecule has 0 unspecified atom stereocenters. The Hall–Kier alpha value is -1.93. The van der Waals surface area contributed by atoms with Gasteiger partial charge in [-0.15, -0.1) is 0 Å². The van der Waals surface area contributed by atoms with E-state index < -0.39 is 15.9 Å². The highest BCUT2D eigenvalue weighted by atomic mass is 32.2. The number of nitrogens with zero attached hydrogens (tertiary/aromatic N) is 1. The summed E-state index contributed by atoms with van der Waals surface area (Å²) in [5, 5.41) is 5.24. The fraction of sp³-hybridized carbons (Fsp3) is 0.500. The predicted molar refractivity (Wildman–Crippen MR) is 92.2 cm³/mol. The summed E-state index contributed by atoms with van der Waals surface area (Å²) in [6.45, 7) is 2.57. The lowest BCUT2D eigenvalue weighted by molar-refractivity contribution is -0.120. The zero-order chi connectivity index (χ0) is 18.2. The van der Waals surface area contributed by atoms with Crippen LogP contribution in [-0.4, -0.2) is 51.7 Å². The van der Waals surface area contributed by atoms with E-state index in [1.165, 1.54) is 38.4 Å². The molecule has 0 aliphatic rings. The van der Waals surface area contributed by atoms with Crippen molar-refractivity contribution in [3.63, 3.8) is 0 Å². The molecule has 0 aliphatic carbocycles. The molecule has 134 valence electrons. The van der Waals surface area contributed by atoms with Gasteiger partial charge < -0.3 is 10.6 Å². The Morgan fingerprint density at radius 2 is 1.67 bits per heavy atom. The monoisotopic (exact) mass is 355 g/mol. The molecule has 1 aromatic carbocycles. The Morgan fingerprint density at radius 1 is 1.04 bits per heavy atom. The number of rotatable bonds is 9. The Morgan fingerprint density at radius 3 is 2.21 bits per heavy atom. The number of unbranched alkanes of at least 4 members (excludes halogenated alkanes) is 2. The summed E-state index contributed by atoms with van der Waals surface area (Å²) in [5.74, 6) is -0.668. The normalized spacial score (nSPS) is 11.3. The molecule has 0 spiro atoms. The van der Waals surface area contributed by atoms with Crippen molar-refractivity contribution >= 4 is 21.8 Å². The molecule has 0 aliphatic heterocycles. The molecular weight excluding hydrogens is 330 g/mol. The highest BCUT2D eigenvalue weighted by Crippen LogP contribution is 2.13. The number of nitrogens with one attached hydrogen (secondary N) is 2. The van der Waals surface area contributed by atoms with E-state index in [2.05, 4.69) is 17.6 Å². The molecule has 24 heavy (non-hydrogen) atoms. The molecule has 2 N–H and O–H groups in total. The van der Waals surface area contributed by atoms with Gasteiger partial charge in [-0.25, -0.2) is 12.7 Å². The van der Waals surface area contributed by atoms with E-state index in [0.717, 1.165) is 23.6 Å². The predicted octanol–water partition coefficient (Wildman–Crippen LogP) is 0.973. The van der Waals surface area contributed by atoms with Crippen LogP contribution in [0, 0.1) is 0 Å². The summed E-state index contributed by atoms with van der Waals surface area (Å²) in [6, 6.07) is 5.58. The molecule has 0 saturated heterocycles. The highest BCUT2D eigenvalue weighted by molar-refractivity contribution is 7.89. The maximum absolute atomic E-state index is 12.0. The molecule has 0 aromatic heterocycles. The fourth-order valence-corrected chi connectivity index (χ4v) is 2.82. The zero-order valence-corrected chi connectivity index (χ0v) is 15.1. The van der Waals surface area contributed by atoms with Gasteiger partial charge in [0.05, 0.1) is 11.4 Å². The fourth-order valence-electron chi connectivity index (χ4n) is 1.92. The van der Waals surface area contributed by atoms with E-state index in [1.54, 1.807) is 0 Å². The van der Waals surface area contributed by atoms with Crippen molar-refractivity contribution in [3.05, 3.63) is 29.8 Å². The van der Waals surface area contributed by atoms with Crippen LogP contribution in [0.2, 0.25) is 0 Å². The summed E-state index contributed by atoms with van der Waals surface area (Å²) in [6.07, 6.45) is 3.04. The number of hydrogen-bond acceptors (Lipinski definition) is 4. The second kappa shape index (κ2) is 9.39. The smallest absolute Gasteiger partial charge is 0.251 e. The van der Waals surface area contributed by atoms with E-state index >= 15 is 0 Å². The largest absolute Gasteiger partial charge is 0.355 e. The van der Waals surface area contributed by atoms with Gasteiger partial charge in [0.25, 0.3) is 5.91 Å². The van der Waals surface area contributed by atoms with Crippen molar-refractivity contribution in [3.8, 4) is 0 Å². The molecule has 7 nitrogen and oxygen atoms in total. The van der Waals surface area contributed by atoms with Crippen LogP contribution in [0.4, 0.5) is 0 Å². The lowest BCUT2D eigenvalue weighted by Gasteiger charge is -2.11. The van der Waals surface area contributed by atoms with Gasteiger partial charge in [-0.3, -0.25) is 9.59 Å². The lowest BCUT2D eigenvalue weighted by atomic mass is 10.2. The van der Waals surface area contributed by atoms with Crippen molar-refractivity contribution in [2.45, 2.75) is 31.1 Å². The first-order valence-corrected chi connectivity index (χ1v) is 9.30. The second-order valence-electron chi connectivity index (χ2n) is 5.55. The SMILES string of the molecule is CCCCCNC(=O)CNC(=O)c1ccc(S(=O)(=O)N(C)C)cc1. The van der Waals surface area contributed by atoms with E-state index in [1.807, 2.05) is 0 Å². The third-order valence-electron chi connectivity index (χ3n) is 3.41. The van der Waals surface area contributed by atoms with Crippen molar-refractivity contribution in [1.29, 1.82) is 0 Å². The van der Waals surface area contributed by atoms with Crippen LogP contribution in [0.1, 0.15) is 36.5 Å². The minimum atomic E-state index is -3.52. The third-order valence-corrected chi connectivity index (χ3v) is 5.24. The maximum Gasteiger partial charge on any atom is 0.251 e. The Labute approximate surface area is 143 Å². The second-order valence-corrected chi connectivity index (χ2v) is 7.70. The quantitative estimate of drug-likeness (QED) is 0.645. The molecule has 2 amide bonds. The number of amides is 2. The number of hydrogen-bond donors (Lipinski definition) is 2. The average molecular weight is 355 g/mol.